The van der Waals surface area contributed by atoms with Crippen molar-refractivity contribution in [3.63, 3.8) is 0 Å². The second-order valence-electron chi connectivity index (χ2n) is 5.37. The first kappa shape index (κ1) is 15.1. The Bertz CT molecular complexity index is 564. The molecule has 1 N–H and O–H groups in total. The van der Waals surface area contributed by atoms with Crippen LogP contribution < -0.4 is 0 Å². The van der Waals surface area contributed by atoms with Crippen molar-refractivity contribution in [2.75, 3.05) is 6.26 Å². The molecule has 0 aromatic heterocycles. The van der Waals surface area contributed by atoms with Crippen LogP contribution in [0, 0.1) is 20.8 Å². The highest BCUT2D eigenvalue weighted by Crippen LogP contribution is 2.25. The van der Waals surface area contributed by atoms with Gasteiger partial charge in [0.05, 0.1) is 6.10 Å². The second-order valence-corrected chi connectivity index (χ2v) is 6.25. The van der Waals surface area contributed by atoms with E-state index in [2.05, 4.69) is 51.3 Å². The summed E-state index contributed by atoms with van der Waals surface area (Å²) >= 11 is 1.72. The van der Waals surface area contributed by atoms with Gasteiger partial charge in [-0.25, -0.2) is 0 Å². The van der Waals surface area contributed by atoms with Crippen molar-refractivity contribution < 1.29 is 5.11 Å². The number of aryl methyl sites for hydroxylation is 3. The third-order valence-electron chi connectivity index (χ3n) is 3.74. The molecule has 2 aromatic carbocycles. The molecule has 0 aliphatic heterocycles. The van der Waals surface area contributed by atoms with Crippen LogP contribution in [0.3, 0.4) is 0 Å². The van der Waals surface area contributed by atoms with Gasteiger partial charge in [-0.2, -0.15) is 0 Å². The van der Waals surface area contributed by atoms with Crippen LogP contribution in [0.1, 0.15) is 33.9 Å². The summed E-state index contributed by atoms with van der Waals surface area (Å²) < 4.78 is 0. The van der Waals surface area contributed by atoms with Crippen molar-refractivity contribution in [1.82, 2.24) is 0 Å². The minimum Gasteiger partial charge on any atom is -0.388 e. The van der Waals surface area contributed by atoms with E-state index in [0.29, 0.717) is 6.42 Å². The standard InChI is InChI=1S/C18H22OS/c1-12-9-13(2)17(14(3)10-12)11-18(19)15-5-7-16(20-4)8-6-15/h5-10,18-19H,11H2,1-4H3. The van der Waals surface area contributed by atoms with Crippen molar-refractivity contribution in [2.24, 2.45) is 0 Å². The largest absolute Gasteiger partial charge is 0.388 e. The molecule has 1 nitrogen and oxygen atoms in total. The van der Waals surface area contributed by atoms with Crippen molar-refractivity contribution in [3.8, 4) is 0 Å². The number of rotatable bonds is 4. The molecular weight excluding hydrogens is 264 g/mol. The van der Waals surface area contributed by atoms with Crippen molar-refractivity contribution in [3.05, 3.63) is 64.2 Å². The Morgan fingerprint density at radius 1 is 1.00 bits per heavy atom. The van der Waals surface area contributed by atoms with Crippen LogP contribution in [0.15, 0.2) is 41.3 Å². The molecule has 0 saturated carbocycles. The van der Waals surface area contributed by atoms with E-state index >= 15 is 0 Å². The maximum absolute atomic E-state index is 10.4. The van der Waals surface area contributed by atoms with E-state index in [1.54, 1.807) is 11.8 Å². The van der Waals surface area contributed by atoms with Gasteiger partial charge in [0, 0.05) is 11.3 Å². The summed E-state index contributed by atoms with van der Waals surface area (Å²) in [6.07, 6.45) is 2.30. The Morgan fingerprint density at radius 3 is 2.05 bits per heavy atom. The summed E-state index contributed by atoms with van der Waals surface area (Å²) in [6.45, 7) is 6.36. The van der Waals surface area contributed by atoms with Crippen molar-refractivity contribution >= 4 is 11.8 Å². The van der Waals surface area contributed by atoms with Gasteiger partial charge in [0.15, 0.2) is 0 Å². The van der Waals surface area contributed by atoms with E-state index in [-0.39, 0.29) is 0 Å². The average Bonchev–Trinajstić information content (AvgIpc) is 2.42. The number of thioether (sulfide) groups is 1. The van der Waals surface area contributed by atoms with Gasteiger partial charge in [-0.1, -0.05) is 29.8 Å². The van der Waals surface area contributed by atoms with Crippen LogP contribution in [0.25, 0.3) is 0 Å². The van der Waals surface area contributed by atoms with E-state index < -0.39 is 6.10 Å². The van der Waals surface area contributed by atoms with Crippen LogP contribution >= 0.6 is 11.8 Å². The molecule has 0 amide bonds. The van der Waals surface area contributed by atoms with Crippen LogP contribution in [0.5, 0.6) is 0 Å². The lowest BCUT2D eigenvalue weighted by atomic mass is 9.93. The Balaban J connectivity index is 2.20. The van der Waals surface area contributed by atoms with Crippen LogP contribution in [0.2, 0.25) is 0 Å². The molecule has 106 valence electrons. The predicted octanol–water partition coefficient (Wildman–Crippen LogP) is 4.61. The maximum atomic E-state index is 10.4. The third-order valence-corrected chi connectivity index (χ3v) is 4.48. The zero-order valence-corrected chi connectivity index (χ0v) is 13.4. The molecular formula is C18H22OS. The first-order valence-electron chi connectivity index (χ1n) is 6.90. The lowest BCUT2D eigenvalue weighted by Crippen LogP contribution is -2.05. The summed E-state index contributed by atoms with van der Waals surface area (Å²) in [5.74, 6) is 0. The van der Waals surface area contributed by atoms with Gasteiger partial charge >= 0.3 is 0 Å². The molecule has 0 saturated heterocycles. The quantitative estimate of drug-likeness (QED) is 0.828. The fourth-order valence-corrected chi connectivity index (χ4v) is 3.08. The average molecular weight is 286 g/mol. The summed E-state index contributed by atoms with van der Waals surface area (Å²) in [7, 11) is 0. The smallest absolute Gasteiger partial charge is 0.0830 e. The second kappa shape index (κ2) is 6.47. The molecule has 2 aromatic rings. The molecule has 1 unspecified atom stereocenters. The Morgan fingerprint density at radius 2 is 1.55 bits per heavy atom. The molecule has 0 aliphatic carbocycles. The number of hydrogen-bond acceptors (Lipinski definition) is 2. The number of hydrogen-bond donors (Lipinski definition) is 1. The molecule has 20 heavy (non-hydrogen) atoms. The molecule has 1 atom stereocenters. The van der Waals surface area contributed by atoms with Gasteiger partial charge in [-0.15, -0.1) is 11.8 Å². The van der Waals surface area contributed by atoms with Crippen molar-refractivity contribution in [1.29, 1.82) is 0 Å². The number of aliphatic hydroxyl groups is 1. The molecule has 0 bridgehead atoms. The Hall–Kier alpha value is -1.25. The zero-order chi connectivity index (χ0) is 14.7. The zero-order valence-electron chi connectivity index (χ0n) is 12.6. The molecule has 0 spiro atoms. The normalized spacial score (nSPS) is 12.4. The van der Waals surface area contributed by atoms with E-state index in [9.17, 15) is 5.11 Å². The SMILES string of the molecule is CSc1ccc(C(O)Cc2c(C)cc(C)cc2C)cc1. The minimum atomic E-state index is -0.439. The number of aliphatic hydroxyl groups excluding tert-OH is 1. The molecule has 0 fully saturated rings. The van der Waals surface area contributed by atoms with Gasteiger partial charge < -0.3 is 5.11 Å². The number of benzene rings is 2. The highest BCUT2D eigenvalue weighted by molar-refractivity contribution is 7.98. The Kier molecular flexibility index (Phi) is 4.90. The highest BCUT2D eigenvalue weighted by Gasteiger charge is 2.12. The Labute approximate surface area is 126 Å². The van der Waals surface area contributed by atoms with E-state index in [4.69, 9.17) is 0 Å². The highest BCUT2D eigenvalue weighted by atomic mass is 32.2. The summed E-state index contributed by atoms with van der Waals surface area (Å²) in [4.78, 5) is 1.23. The first-order chi connectivity index (χ1) is 9.51. The molecule has 0 aliphatic rings. The summed E-state index contributed by atoms with van der Waals surface area (Å²) in [5, 5.41) is 10.4. The van der Waals surface area contributed by atoms with Gasteiger partial charge in [0.1, 0.15) is 0 Å². The molecule has 2 rings (SSSR count). The summed E-state index contributed by atoms with van der Waals surface area (Å²) in [6, 6.07) is 12.6. The fourth-order valence-electron chi connectivity index (χ4n) is 2.67. The molecule has 0 heterocycles. The minimum absolute atomic E-state index is 0.439. The first-order valence-corrected chi connectivity index (χ1v) is 8.12. The van der Waals surface area contributed by atoms with E-state index in [1.807, 2.05) is 12.1 Å². The van der Waals surface area contributed by atoms with Crippen LogP contribution in [0.4, 0.5) is 0 Å². The summed E-state index contributed by atoms with van der Waals surface area (Å²) in [5.41, 5.74) is 6.06. The van der Waals surface area contributed by atoms with Gasteiger partial charge in [-0.3, -0.25) is 0 Å². The molecule has 0 radical (unpaired) electrons. The monoisotopic (exact) mass is 286 g/mol. The lowest BCUT2D eigenvalue weighted by molar-refractivity contribution is 0.178. The van der Waals surface area contributed by atoms with E-state index in [1.165, 1.54) is 27.1 Å². The van der Waals surface area contributed by atoms with Gasteiger partial charge in [0.25, 0.3) is 0 Å². The topological polar surface area (TPSA) is 20.2 Å². The van der Waals surface area contributed by atoms with Gasteiger partial charge in [-0.05, 0) is 61.4 Å². The fraction of sp³-hybridized carbons (Fsp3) is 0.333. The van der Waals surface area contributed by atoms with E-state index in [0.717, 1.165) is 5.56 Å². The lowest BCUT2D eigenvalue weighted by Gasteiger charge is -2.16. The van der Waals surface area contributed by atoms with Crippen LogP contribution in [-0.2, 0) is 6.42 Å². The maximum Gasteiger partial charge on any atom is 0.0830 e. The molecule has 2 heteroatoms. The van der Waals surface area contributed by atoms with Crippen molar-refractivity contribution in [2.45, 2.75) is 38.2 Å². The predicted molar refractivity (Wildman–Crippen MR) is 87.5 cm³/mol. The van der Waals surface area contributed by atoms with Crippen LogP contribution in [-0.4, -0.2) is 11.4 Å². The van der Waals surface area contributed by atoms with Gasteiger partial charge in [0.2, 0.25) is 0 Å². The third kappa shape index (κ3) is 3.44.